The fourth-order valence-corrected chi connectivity index (χ4v) is 1.69. The third-order valence-electron chi connectivity index (χ3n) is 2.21. The predicted molar refractivity (Wildman–Crippen MR) is 62.1 cm³/mol. The minimum Gasteiger partial charge on any atom is -0.305 e. The molecule has 4 heteroatoms. The SMILES string of the molecule is C=CC(C)NCc1c(Br)c(C)nn1C. The number of aryl methyl sites for hydroxylation is 2. The summed E-state index contributed by atoms with van der Waals surface area (Å²) in [7, 11) is 1.95. The molecule has 1 rings (SSSR count). The van der Waals surface area contributed by atoms with Crippen LogP contribution >= 0.6 is 15.9 Å². The second kappa shape index (κ2) is 4.75. The Labute approximate surface area is 93.3 Å². The van der Waals surface area contributed by atoms with Crippen LogP contribution in [0.25, 0.3) is 0 Å². The minimum absolute atomic E-state index is 0.317. The molecule has 1 atom stereocenters. The zero-order valence-electron chi connectivity index (χ0n) is 8.84. The van der Waals surface area contributed by atoms with Gasteiger partial charge < -0.3 is 5.32 Å². The van der Waals surface area contributed by atoms with Gasteiger partial charge in [-0.1, -0.05) is 6.08 Å². The van der Waals surface area contributed by atoms with Gasteiger partial charge in [0.25, 0.3) is 0 Å². The highest BCUT2D eigenvalue weighted by molar-refractivity contribution is 9.10. The van der Waals surface area contributed by atoms with Crippen LogP contribution in [0.1, 0.15) is 18.3 Å². The molecule has 0 aliphatic heterocycles. The molecule has 0 amide bonds. The molecule has 0 aliphatic carbocycles. The number of hydrogen-bond acceptors (Lipinski definition) is 2. The molecule has 1 N–H and O–H groups in total. The standard InChI is InChI=1S/C10H16BrN3/c1-5-7(2)12-6-9-10(11)8(3)13-14(9)4/h5,7,12H,1,6H2,2-4H3. The maximum atomic E-state index is 4.32. The number of nitrogens with one attached hydrogen (secondary N) is 1. The predicted octanol–water partition coefficient (Wildman–Crippen LogP) is 2.16. The van der Waals surface area contributed by atoms with Crippen molar-refractivity contribution in [1.29, 1.82) is 0 Å². The first-order valence-electron chi connectivity index (χ1n) is 4.60. The van der Waals surface area contributed by atoms with Gasteiger partial charge in [0.1, 0.15) is 0 Å². The highest BCUT2D eigenvalue weighted by Crippen LogP contribution is 2.19. The summed E-state index contributed by atoms with van der Waals surface area (Å²) in [6.07, 6.45) is 1.89. The molecule has 0 aliphatic rings. The van der Waals surface area contributed by atoms with Crippen LogP contribution in [-0.2, 0) is 13.6 Å². The normalized spacial score (nSPS) is 12.9. The summed E-state index contributed by atoms with van der Waals surface area (Å²) in [6.45, 7) is 8.59. The lowest BCUT2D eigenvalue weighted by atomic mass is 10.3. The molecule has 0 saturated carbocycles. The van der Waals surface area contributed by atoms with Crippen LogP contribution in [-0.4, -0.2) is 15.8 Å². The molecule has 1 heterocycles. The van der Waals surface area contributed by atoms with Crippen molar-refractivity contribution in [3.63, 3.8) is 0 Å². The van der Waals surface area contributed by atoms with Crippen molar-refractivity contribution in [2.45, 2.75) is 26.4 Å². The summed E-state index contributed by atoms with van der Waals surface area (Å²) in [5.74, 6) is 0. The van der Waals surface area contributed by atoms with E-state index >= 15 is 0 Å². The Balaban J connectivity index is 2.71. The smallest absolute Gasteiger partial charge is 0.0739 e. The van der Waals surface area contributed by atoms with Gasteiger partial charge in [-0.15, -0.1) is 6.58 Å². The molecule has 1 unspecified atom stereocenters. The maximum absolute atomic E-state index is 4.32. The van der Waals surface area contributed by atoms with Crippen molar-refractivity contribution in [3.8, 4) is 0 Å². The second-order valence-corrected chi connectivity index (χ2v) is 4.17. The molecule has 0 saturated heterocycles. The van der Waals surface area contributed by atoms with E-state index < -0.39 is 0 Å². The third-order valence-corrected chi connectivity index (χ3v) is 3.24. The molecule has 0 radical (unpaired) electrons. The third kappa shape index (κ3) is 2.45. The Morgan fingerprint density at radius 3 is 2.79 bits per heavy atom. The van der Waals surface area contributed by atoms with Crippen LogP contribution in [0, 0.1) is 6.92 Å². The summed E-state index contributed by atoms with van der Waals surface area (Å²) in [6, 6.07) is 0.317. The summed E-state index contributed by atoms with van der Waals surface area (Å²) in [5.41, 5.74) is 2.19. The van der Waals surface area contributed by atoms with E-state index in [0.29, 0.717) is 6.04 Å². The van der Waals surface area contributed by atoms with Gasteiger partial charge in [-0.05, 0) is 29.8 Å². The largest absolute Gasteiger partial charge is 0.305 e. The van der Waals surface area contributed by atoms with Crippen molar-refractivity contribution in [3.05, 3.63) is 28.5 Å². The lowest BCUT2D eigenvalue weighted by Crippen LogP contribution is -2.24. The van der Waals surface area contributed by atoms with Crippen LogP contribution in [0.15, 0.2) is 17.1 Å². The van der Waals surface area contributed by atoms with Gasteiger partial charge in [0.15, 0.2) is 0 Å². The lowest BCUT2D eigenvalue weighted by Gasteiger charge is -2.09. The minimum atomic E-state index is 0.317. The molecule has 1 aromatic rings. The highest BCUT2D eigenvalue weighted by atomic mass is 79.9. The summed E-state index contributed by atoms with van der Waals surface area (Å²) >= 11 is 3.52. The first-order chi connectivity index (χ1) is 6.56. The van der Waals surface area contributed by atoms with E-state index in [1.165, 1.54) is 0 Å². The van der Waals surface area contributed by atoms with Crippen molar-refractivity contribution in [2.24, 2.45) is 7.05 Å². The van der Waals surface area contributed by atoms with Gasteiger partial charge in [0, 0.05) is 19.6 Å². The van der Waals surface area contributed by atoms with Crippen LogP contribution in [0.4, 0.5) is 0 Å². The Hall–Kier alpha value is -0.610. The zero-order valence-corrected chi connectivity index (χ0v) is 10.4. The van der Waals surface area contributed by atoms with E-state index in [9.17, 15) is 0 Å². The monoisotopic (exact) mass is 257 g/mol. The molecular formula is C10H16BrN3. The van der Waals surface area contributed by atoms with E-state index in [1.807, 2.05) is 24.7 Å². The van der Waals surface area contributed by atoms with Gasteiger partial charge in [-0.3, -0.25) is 4.68 Å². The summed E-state index contributed by atoms with van der Waals surface area (Å²) in [5, 5.41) is 7.65. The van der Waals surface area contributed by atoms with E-state index in [2.05, 4.69) is 39.8 Å². The molecule has 3 nitrogen and oxygen atoms in total. The van der Waals surface area contributed by atoms with Crippen molar-refractivity contribution in [2.75, 3.05) is 0 Å². The molecule has 0 fully saturated rings. The Morgan fingerprint density at radius 2 is 2.36 bits per heavy atom. The molecule has 14 heavy (non-hydrogen) atoms. The summed E-state index contributed by atoms with van der Waals surface area (Å²) in [4.78, 5) is 0. The van der Waals surface area contributed by atoms with Crippen LogP contribution in [0.5, 0.6) is 0 Å². The van der Waals surface area contributed by atoms with Crippen LogP contribution < -0.4 is 5.32 Å². The Bertz CT molecular complexity index is 330. The van der Waals surface area contributed by atoms with Gasteiger partial charge in [0.2, 0.25) is 0 Å². The average molecular weight is 258 g/mol. The van der Waals surface area contributed by atoms with E-state index in [1.54, 1.807) is 0 Å². The van der Waals surface area contributed by atoms with Crippen molar-refractivity contribution >= 4 is 15.9 Å². The quantitative estimate of drug-likeness (QED) is 0.839. The number of rotatable bonds is 4. The van der Waals surface area contributed by atoms with Gasteiger partial charge in [-0.2, -0.15) is 5.10 Å². The van der Waals surface area contributed by atoms with Gasteiger partial charge in [-0.25, -0.2) is 0 Å². The first kappa shape index (κ1) is 11.5. The number of aromatic nitrogens is 2. The Morgan fingerprint density at radius 1 is 1.71 bits per heavy atom. The lowest BCUT2D eigenvalue weighted by molar-refractivity contribution is 0.590. The van der Waals surface area contributed by atoms with E-state index in [-0.39, 0.29) is 0 Å². The fourth-order valence-electron chi connectivity index (χ4n) is 1.21. The topological polar surface area (TPSA) is 29.9 Å². The maximum Gasteiger partial charge on any atom is 0.0739 e. The molecular weight excluding hydrogens is 242 g/mol. The zero-order chi connectivity index (χ0) is 10.7. The molecule has 78 valence electrons. The summed E-state index contributed by atoms with van der Waals surface area (Å²) < 4.78 is 2.98. The number of halogens is 1. The number of hydrogen-bond donors (Lipinski definition) is 1. The van der Waals surface area contributed by atoms with Crippen molar-refractivity contribution in [1.82, 2.24) is 15.1 Å². The van der Waals surface area contributed by atoms with E-state index in [4.69, 9.17) is 0 Å². The molecule has 1 aromatic heterocycles. The van der Waals surface area contributed by atoms with Gasteiger partial charge >= 0.3 is 0 Å². The van der Waals surface area contributed by atoms with Crippen LogP contribution in [0.2, 0.25) is 0 Å². The molecule has 0 bridgehead atoms. The molecule has 0 aromatic carbocycles. The van der Waals surface area contributed by atoms with Crippen molar-refractivity contribution < 1.29 is 0 Å². The fraction of sp³-hybridized carbons (Fsp3) is 0.500. The van der Waals surface area contributed by atoms with E-state index in [0.717, 1.165) is 22.4 Å². The molecule has 0 spiro atoms. The highest BCUT2D eigenvalue weighted by Gasteiger charge is 2.10. The number of nitrogens with zero attached hydrogens (tertiary/aromatic N) is 2. The average Bonchev–Trinajstić information content (AvgIpc) is 2.39. The first-order valence-corrected chi connectivity index (χ1v) is 5.39. The van der Waals surface area contributed by atoms with Gasteiger partial charge in [0.05, 0.1) is 15.9 Å². The van der Waals surface area contributed by atoms with Crippen LogP contribution in [0.3, 0.4) is 0 Å². The second-order valence-electron chi connectivity index (χ2n) is 3.37. The Kier molecular flexibility index (Phi) is 3.89.